The van der Waals surface area contributed by atoms with Crippen LogP contribution in [0.25, 0.3) is 11.1 Å². The second-order valence-corrected chi connectivity index (χ2v) is 4.61. The number of aryl methyl sites for hydroxylation is 1. The molecule has 2 heterocycles. The van der Waals surface area contributed by atoms with Gasteiger partial charge >= 0.3 is 5.76 Å². The zero-order valence-corrected chi connectivity index (χ0v) is 10.7. The highest BCUT2D eigenvalue weighted by molar-refractivity contribution is 5.72. The molecule has 1 atom stereocenters. The Hall–Kier alpha value is -2.30. The van der Waals surface area contributed by atoms with E-state index in [0.29, 0.717) is 12.1 Å². The Morgan fingerprint density at radius 1 is 1.32 bits per heavy atom. The van der Waals surface area contributed by atoms with Crippen LogP contribution in [0.2, 0.25) is 0 Å². The van der Waals surface area contributed by atoms with Crippen molar-refractivity contribution in [2.75, 3.05) is 0 Å². The molecule has 3 aromatic rings. The summed E-state index contributed by atoms with van der Waals surface area (Å²) in [5.74, 6) is -0.297. The molecule has 0 radical (unpaired) electrons. The Bertz CT molecular complexity index is 725. The number of hydrogen-bond acceptors (Lipinski definition) is 3. The van der Waals surface area contributed by atoms with Crippen molar-refractivity contribution < 1.29 is 4.42 Å². The van der Waals surface area contributed by atoms with Crippen LogP contribution >= 0.6 is 0 Å². The average molecular weight is 257 g/mol. The van der Waals surface area contributed by atoms with E-state index in [1.54, 1.807) is 10.8 Å². The summed E-state index contributed by atoms with van der Waals surface area (Å²) >= 11 is 0. The molecule has 5 heteroatoms. The van der Waals surface area contributed by atoms with Gasteiger partial charge in [0.1, 0.15) is 0 Å². The number of fused-ring (bicyclic) bond motifs is 1. The highest BCUT2D eigenvalue weighted by Gasteiger charge is 2.10. The smallest absolute Gasteiger partial charge is 0.408 e. The van der Waals surface area contributed by atoms with Crippen LogP contribution in [0.5, 0.6) is 0 Å². The van der Waals surface area contributed by atoms with Gasteiger partial charge in [0.15, 0.2) is 5.58 Å². The van der Waals surface area contributed by atoms with Crippen LogP contribution in [-0.4, -0.2) is 14.3 Å². The van der Waals surface area contributed by atoms with Gasteiger partial charge in [0, 0.05) is 18.9 Å². The van der Waals surface area contributed by atoms with Crippen LogP contribution in [0, 0.1) is 0 Å². The van der Waals surface area contributed by atoms with Gasteiger partial charge in [0.2, 0.25) is 0 Å². The number of aromatic nitrogens is 3. The Kier molecular flexibility index (Phi) is 2.95. The Balaban J connectivity index is 1.82. The summed E-state index contributed by atoms with van der Waals surface area (Å²) in [6.07, 6.45) is 4.52. The third-order valence-electron chi connectivity index (χ3n) is 3.32. The van der Waals surface area contributed by atoms with Gasteiger partial charge in [-0.2, -0.15) is 5.10 Å². The van der Waals surface area contributed by atoms with Gasteiger partial charge in [-0.25, -0.2) is 4.79 Å². The van der Waals surface area contributed by atoms with E-state index >= 15 is 0 Å². The van der Waals surface area contributed by atoms with Crippen molar-refractivity contribution in [2.24, 2.45) is 0 Å². The van der Waals surface area contributed by atoms with Gasteiger partial charge < -0.3 is 4.42 Å². The molecule has 0 bridgehead atoms. The lowest BCUT2D eigenvalue weighted by Gasteiger charge is -2.11. The SMILES string of the molecule is CC(CCn1c(=O)oc2ccccc21)n1cccn1. The molecule has 0 aliphatic rings. The largest absolute Gasteiger partial charge is 0.419 e. The fourth-order valence-electron chi connectivity index (χ4n) is 2.22. The standard InChI is InChI=1S/C14H15N3O2/c1-11(17-9-4-8-15-17)7-10-16-12-5-2-3-6-13(12)19-14(16)18/h2-6,8-9,11H,7,10H2,1H3. The lowest BCUT2D eigenvalue weighted by atomic mass is 10.2. The highest BCUT2D eigenvalue weighted by Crippen LogP contribution is 2.15. The maximum Gasteiger partial charge on any atom is 0.419 e. The quantitative estimate of drug-likeness (QED) is 0.721. The third kappa shape index (κ3) is 2.19. The van der Waals surface area contributed by atoms with E-state index in [2.05, 4.69) is 12.0 Å². The molecule has 5 nitrogen and oxygen atoms in total. The molecule has 0 amide bonds. The molecule has 0 saturated carbocycles. The predicted octanol–water partition coefficient (Wildman–Crippen LogP) is 2.44. The summed E-state index contributed by atoms with van der Waals surface area (Å²) in [5.41, 5.74) is 1.49. The third-order valence-corrected chi connectivity index (χ3v) is 3.32. The van der Waals surface area contributed by atoms with Crippen LogP contribution in [0.3, 0.4) is 0 Å². The van der Waals surface area contributed by atoms with E-state index in [1.165, 1.54) is 0 Å². The summed E-state index contributed by atoms with van der Waals surface area (Å²) in [4.78, 5) is 11.8. The van der Waals surface area contributed by atoms with Gasteiger partial charge in [-0.3, -0.25) is 9.25 Å². The van der Waals surface area contributed by atoms with Crippen molar-refractivity contribution in [1.29, 1.82) is 0 Å². The van der Waals surface area contributed by atoms with E-state index in [0.717, 1.165) is 11.9 Å². The predicted molar refractivity (Wildman–Crippen MR) is 72.0 cm³/mol. The molecule has 0 spiro atoms. The lowest BCUT2D eigenvalue weighted by Crippen LogP contribution is -2.17. The fourth-order valence-corrected chi connectivity index (χ4v) is 2.22. The molecule has 0 saturated heterocycles. The topological polar surface area (TPSA) is 53.0 Å². The molecule has 1 aromatic carbocycles. The average Bonchev–Trinajstić information content (AvgIpc) is 3.03. The first-order chi connectivity index (χ1) is 9.25. The van der Waals surface area contributed by atoms with Gasteiger partial charge in [-0.1, -0.05) is 12.1 Å². The van der Waals surface area contributed by atoms with Crippen LogP contribution in [0.4, 0.5) is 0 Å². The molecule has 2 aromatic heterocycles. The molecule has 0 N–H and O–H groups in total. The van der Waals surface area contributed by atoms with Crippen molar-refractivity contribution in [3.63, 3.8) is 0 Å². The molecule has 0 aliphatic heterocycles. The molecule has 98 valence electrons. The van der Waals surface area contributed by atoms with Crippen LogP contribution < -0.4 is 5.76 Å². The normalized spacial score (nSPS) is 12.9. The van der Waals surface area contributed by atoms with Crippen molar-refractivity contribution in [1.82, 2.24) is 14.3 Å². The van der Waals surface area contributed by atoms with E-state index in [9.17, 15) is 4.79 Å². The van der Waals surface area contributed by atoms with Crippen molar-refractivity contribution in [3.05, 3.63) is 53.3 Å². The second-order valence-electron chi connectivity index (χ2n) is 4.61. The van der Waals surface area contributed by atoms with E-state index < -0.39 is 0 Å². The van der Waals surface area contributed by atoms with Gasteiger partial charge in [-0.05, 0) is 31.5 Å². The first-order valence-electron chi connectivity index (χ1n) is 6.33. The molecular weight excluding hydrogens is 242 g/mol. The fraction of sp³-hybridized carbons (Fsp3) is 0.286. The zero-order chi connectivity index (χ0) is 13.2. The number of rotatable bonds is 4. The molecule has 0 fully saturated rings. The summed E-state index contributed by atoms with van der Waals surface area (Å²) in [6, 6.07) is 9.63. The Morgan fingerprint density at radius 2 is 2.16 bits per heavy atom. The number of oxazole rings is 1. The van der Waals surface area contributed by atoms with Gasteiger partial charge in [-0.15, -0.1) is 0 Å². The zero-order valence-electron chi connectivity index (χ0n) is 10.7. The van der Waals surface area contributed by atoms with Crippen LogP contribution in [-0.2, 0) is 6.54 Å². The van der Waals surface area contributed by atoms with Gasteiger partial charge in [0.05, 0.1) is 11.6 Å². The van der Waals surface area contributed by atoms with E-state index in [4.69, 9.17) is 4.42 Å². The minimum Gasteiger partial charge on any atom is -0.408 e. The molecule has 19 heavy (non-hydrogen) atoms. The van der Waals surface area contributed by atoms with Gasteiger partial charge in [0.25, 0.3) is 0 Å². The minimum atomic E-state index is -0.297. The monoisotopic (exact) mass is 257 g/mol. The van der Waals surface area contributed by atoms with Crippen LogP contribution in [0.1, 0.15) is 19.4 Å². The summed E-state index contributed by atoms with van der Waals surface area (Å²) in [5, 5.41) is 4.21. The van der Waals surface area contributed by atoms with Crippen molar-refractivity contribution >= 4 is 11.1 Å². The maximum atomic E-state index is 11.8. The first kappa shape index (κ1) is 11.8. The van der Waals surface area contributed by atoms with E-state index in [-0.39, 0.29) is 11.8 Å². The van der Waals surface area contributed by atoms with E-state index in [1.807, 2.05) is 41.2 Å². The number of hydrogen-bond donors (Lipinski definition) is 0. The maximum absolute atomic E-state index is 11.8. The second kappa shape index (κ2) is 4.76. The Labute approximate surface area is 110 Å². The number of nitrogens with zero attached hydrogens (tertiary/aromatic N) is 3. The van der Waals surface area contributed by atoms with Crippen molar-refractivity contribution in [2.45, 2.75) is 25.9 Å². The summed E-state index contributed by atoms with van der Waals surface area (Å²) in [6.45, 7) is 2.71. The highest BCUT2D eigenvalue weighted by atomic mass is 16.4. The summed E-state index contributed by atoms with van der Waals surface area (Å²) < 4.78 is 8.78. The number of benzene rings is 1. The minimum absolute atomic E-state index is 0.246. The number of para-hydroxylation sites is 2. The molecule has 3 rings (SSSR count). The molecule has 1 unspecified atom stereocenters. The first-order valence-corrected chi connectivity index (χ1v) is 6.33. The molecular formula is C14H15N3O2. The van der Waals surface area contributed by atoms with Crippen LogP contribution in [0.15, 0.2) is 51.9 Å². The summed E-state index contributed by atoms with van der Waals surface area (Å²) in [7, 11) is 0. The van der Waals surface area contributed by atoms with Crippen molar-refractivity contribution in [3.8, 4) is 0 Å². The Morgan fingerprint density at radius 3 is 2.95 bits per heavy atom. The lowest BCUT2D eigenvalue weighted by molar-refractivity contribution is 0.414. The molecule has 0 aliphatic carbocycles.